The van der Waals surface area contributed by atoms with Crippen LogP contribution in [0.15, 0.2) is 24.4 Å². The fourth-order valence-corrected chi connectivity index (χ4v) is 1.03. The van der Waals surface area contributed by atoms with E-state index in [-0.39, 0.29) is 0 Å². The third kappa shape index (κ3) is 2.59. The molecule has 0 unspecified atom stereocenters. The van der Waals surface area contributed by atoms with Gasteiger partial charge in [0.15, 0.2) is 6.23 Å². The van der Waals surface area contributed by atoms with Gasteiger partial charge in [-0.3, -0.25) is 4.90 Å². The van der Waals surface area contributed by atoms with Gasteiger partial charge in [0.05, 0.1) is 0 Å². The van der Waals surface area contributed by atoms with Crippen molar-refractivity contribution in [3.63, 3.8) is 0 Å². The predicted octanol–water partition coefficient (Wildman–Crippen LogP) is 1.80. The normalized spacial score (nSPS) is 20.7. The zero-order valence-electron chi connectivity index (χ0n) is 7.51. The van der Waals surface area contributed by atoms with Crippen molar-refractivity contribution in [2.45, 2.75) is 19.6 Å². The van der Waals surface area contributed by atoms with Gasteiger partial charge in [0.1, 0.15) is 0 Å². The lowest BCUT2D eigenvalue weighted by molar-refractivity contribution is 0.00178. The molecule has 0 fully saturated rings. The Balaban J connectivity index is 2.54. The first-order chi connectivity index (χ1) is 6.25. The molecule has 0 saturated heterocycles. The summed E-state index contributed by atoms with van der Waals surface area (Å²) in [6.45, 7) is 2.54. The van der Waals surface area contributed by atoms with Crippen LogP contribution < -0.4 is 0 Å². The van der Waals surface area contributed by atoms with Gasteiger partial charge in [-0.2, -0.15) is 0 Å². The van der Waals surface area contributed by atoms with E-state index >= 15 is 0 Å². The van der Waals surface area contributed by atoms with Gasteiger partial charge >= 0.3 is 6.09 Å². The Kier molecular flexibility index (Phi) is 3.52. The van der Waals surface area contributed by atoms with E-state index in [9.17, 15) is 4.79 Å². The molecule has 1 aliphatic heterocycles. The highest BCUT2D eigenvalue weighted by molar-refractivity contribution is 5.67. The van der Waals surface area contributed by atoms with Gasteiger partial charge < -0.3 is 9.84 Å². The molecule has 0 saturated carbocycles. The van der Waals surface area contributed by atoms with Crippen molar-refractivity contribution in [3.8, 4) is 0 Å². The number of hydrogen-bond donors (Lipinski definition) is 1. The minimum Gasteiger partial charge on any atom is -0.465 e. The second kappa shape index (κ2) is 4.67. The molecule has 1 amide bonds. The molecule has 1 N–H and O–H groups in total. The smallest absolute Gasteiger partial charge is 0.413 e. The van der Waals surface area contributed by atoms with E-state index in [1.54, 1.807) is 18.2 Å². The van der Waals surface area contributed by atoms with E-state index in [0.717, 1.165) is 11.3 Å². The maximum atomic E-state index is 10.7. The summed E-state index contributed by atoms with van der Waals surface area (Å²) in [4.78, 5) is 11.8. The highest BCUT2D eigenvalue weighted by atomic mass is 16.5. The Morgan fingerprint density at radius 2 is 2.38 bits per heavy atom. The number of ether oxygens (including phenoxy) is 1. The van der Waals surface area contributed by atoms with Crippen LogP contribution in [0.1, 0.15) is 13.3 Å². The molecular weight excluding hydrogens is 170 g/mol. The van der Waals surface area contributed by atoms with E-state index in [0.29, 0.717) is 6.61 Å². The summed E-state index contributed by atoms with van der Waals surface area (Å²) in [7, 11) is 0. The van der Waals surface area contributed by atoms with E-state index in [1.807, 2.05) is 6.92 Å². The predicted molar refractivity (Wildman–Crippen MR) is 48.2 cm³/mol. The van der Waals surface area contributed by atoms with Crippen LogP contribution in [0, 0.1) is 0 Å². The summed E-state index contributed by atoms with van der Waals surface area (Å²) in [5, 5.41) is 8.77. The van der Waals surface area contributed by atoms with Crippen LogP contribution in [-0.4, -0.2) is 28.9 Å². The zero-order valence-corrected chi connectivity index (χ0v) is 7.51. The summed E-state index contributed by atoms with van der Waals surface area (Å²) in [6, 6.07) is 0. The van der Waals surface area contributed by atoms with Crippen molar-refractivity contribution >= 4 is 6.09 Å². The van der Waals surface area contributed by atoms with Crippen LogP contribution in [0.5, 0.6) is 0 Å². The van der Waals surface area contributed by atoms with Crippen LogP contribution in [0.25, 0.3) is 0 Å². The van der Waals surface area contributed by atoms with Crippen molar-refractivity contribution in [2.75, 3.05) is 6.61 Å². The van der Waals surface area contributed by atoms with Gasteiger partial charge in [-0.05, 0) is 18.6 Å². The molecule has 0 bridgehead atoms. The number of allylic oxidation sites excluding steroid dienone is 2. The average molecular weight is 183 g/mol. The molecule has 72 valence electrons. The lowest BCUT2D eigenvalue weighted by Crippen LogP contribution is -2.37. The van der Waals surface area contributed by atoms with Gasteiger partial charge in [-0.1, -0.05) is 13.0 Å². The molecule has 0 radical (unpaired) electrons. The SMILES string of the molecule is CCCO[C@H]1C=CC=CN1C(=O)O. The van der Waals surface area contributed by atoms with Crippen LogP contribution in [0.4, 0.5) is 4.79 Å². The fraction of sp³-hybridized carbons (Fsp3) is 0.444. The Labute approximate surface area is 77.1 Å². The average Bonchev–Trinajstić information content (AvgIpc) is 2.15. The third-order valence-corrected chi connectivity index (χ3v) is 1.62. The summed E-state index contributed by atoms with van der Waals surface area (Å²) in [6.07, 6.45) is 6.05. The molecule has 1 atom stereocenters. The largest absolute Gasteiger partial charge is 0.465 e. The number of rotatable bonds is 3. The van der Waals surface area contributed by atoms with Gasteiger partial charge in [0.2, 0.25) is 0 Å². The summed E-state index contributed by atoms with van der Waals surface area (Å²) < 4.78 is 5.31. The van der Waals surface area contributed by atoms with Crippen LogP contribution in [-0.2, 0) is 4.74 Å². The van der Waals surface area contributed by atoms with Crippen LogP contribution in [0.2, 0.25) is 0 Å². The second-order valence-electron chi connectivity index (χ2n) is 2.68. The lowest BCUT2D eigenvalue weighted by Gasteiger charge is -2.25. The Morgan fingerprint density at radius 1 is 1.62 bits per heavy atom. The standard InChI is InChI=1S/C9H13NO3/c1-2-7-13-8-5-3-4-6-10(8)9(11)12/h3-6,8H,2,7H2,1H3,(H,11,12)/t8-/m0/s1. The fourth-order valence-electron chi connectivity index (χ4n) is 1.03. The molecule has 0 aromatic rings. The molecule has 1 heterocycles. The van der Waals surface area contributed by atoms with Crippen molar-refractivity contribution in [1.29, 1.82) is 0 Å². The highest BCUT2D eigenvalue weighted by Crippen LogP contribution is 2.10. The number of nitrogens with zero attached hydrogens (tertiary/aromatic N) is 1. The summed E-state index contributed by atoms with van der Waals surface area (Å²) in [5.74, 6) is 0. The quantitative estimate of drug-likeness (QED) is 0.725. The van der Waals surface area contributed by atoms with E-state index in [2.05, 4.69) is 0 Å². The number of hydrogen-bond acceptors (Lipinski definition) is 2. The van der Waals surface area contributed by atoms with Crippen molar-refractivity contribution in [2.24, 2.45) is 0 Å². The van der Waals surface area contributed by atoms with Crippen molar-refractivity contribution < 1.29 is 14.6 Å². The van der Waals surface area contributed by atoms with E-state index in [4.69, 9.17) is 9.84 Å². The van der Waals surface area contributed by atoms with Crippen molar-refractivity contribution in [3.05, 3.63) is 24.4 Å². The van der Waals surface area contributed by atoms with Gasteiger partial charge in [-0.15, -0.1) is 0 Å². The first-order valence-electron chi connectivity index (χ1n) is 4.23. The number of carbonyl (C=O) groups is 1. The molecule has 1 rings (SSSR count). The molecule has 0 aliphatic carbocycles. The molecule has 1 aliphatic rings. The zero-order chi connectivity index (χ0) is 9.68. The minimum absolute atomic E-state index is 0.470. The topological polar surface area (TPSA) is 49.8 Å². The Bertz CT molecular complexity index is 235. The molecule has 13 heavy (non-hydrogen) atoms. The van der Waals surface area contributed by atoms with Crippen LogP contribution in [0.3, 0.4) is 0 Å². The maximum absolute atomic E-state index is 10.7. The van der Waals surface area contributed by atoms with Gasteiger partial charge in [0.25, 0.3) is 0 Å². The first kappa shape index (κ1) is 9.80. The second-order valence-corrected chi connectivity index (χ2v) is 2.68. The highest BCUT2D eigenvalue weighted by Gasteiger charge is 2.20. The first-order valence-corrected chi connectivity index (χ1v) is 4.23. The Morgan fingerprint density at radius 3 is 3.00 bits per heavy atom. The molecule has 0 aromatic heterocycles. The van der Waals surface area contributed by atoms with Crippen LogP contribution >= 0.6 is 0 Å². The van der Waals surface area contributed by atoms with E-state index < -0.39 is 12.3 Å². The van der Waals surface area contributed by atoms with E-state index in [1.165, 1.54) is 6.20 Å². The minimum atomic E-state index is -0.998. The summed E-state index contributed by atoms with van der Waals surface area (Å²) >= 11 is 0. The van der Waals surface area contributed by atoms with Gasteiger partial charge in [0, 0.05) is 12.8 Å². The number of amides is 1. The third-order valence-electron chi connectivity index (χ3n) is 1.62. The molecule has 0 aromatic carbocycles. The van der Waals surface area contributed by atoms with Gasteiger partial charge in [-0.25, -0.2) is 4.79 Å². The molecule has 4 nitrogen and oxygen atoms in total. The monoisotopic (exact) mass is 183 g/mol. The summed E-state index contributed by atoms with van der Waals surface area (Å²) in [5.41, 5.74) is 0. The molecule has 0 spiro atoms. The number of carboxylic acid groups (broad SMARTS) is 1. The molecule has 4 heteroatoms. The van der Waals surface area contributed by atoms with Crippen molar-refractivity contribution in [1.82, 2.24) is 4.90 Å². The molecular formula is C9H13NO3. The maximum Gasteiger partial charge on any atom is 0.413 e. The Hall–Kier alpha value is -1.29. The lowest BCUT2D eigenvalue weighted by atomic mass is 10.3.